The average molecular weight is 499 g/mol. The first kappa shape index (κ1) is 23.4. The second kappa shape index (κ2) is 9.71. The van der Waals surface area contributed by atoms with Crippen molar-refractivity contribution in [2.24, 2.45) is 5.10 Å². The number of aryl methyl sites for hydroxylation is 1. The van der Waals surface area contributed by atoms with Crippen LogP contribution in [0, 0.1) is 6.92 Å². The molecule has 0 bridgehead atoms. The Balaban J connectivity index is 1.52. The molecular formula is C28H23ClN4O3. The first-order valence-corrected chi connectivity index (χ1v) is 11.7. The Labute approximate surface area is 213 Å². The summed E-state index contributed by atoms with van der Waals surface area (Å²) >= 11 is 6.43. The van der Waals surface area contributed by atoms with Crippen molar-refractivity contribution in [3.05, 3.63) is 106 Å². The number of nitrogens with one attached hydrogen (secondary N) is 1. The molecule has 1 aliphatic heterocycles. The molecule has 1 aromatic heterocycles. The third kappa shape index (κ3) is 4.61. The number of hydrogen-bond acceptors (Lipinski definition) is 6. The van der Waals surface area contributed by atoms with E-state index in [4.69, 9.17) is 16.3 Å². The van der Waals surface area contributed by atoms with Gasteiger partial charge in [-0.2, -0.15) is 5.10 Å². The lowest BCUT2D eigenvalue weighted by atomic mass is 10.1. The van der Waals surface area contributed by atoms with E-state index in [9.17, 15) is 9.90 Å². The van der Waals surface area contributed by atoms with Gasteiger partial charge in [0.15, 0.2) is 17.7 Å². The number of aromatic hydroxyl groups is 1. The van der Waals surface area contributed by atoms with Crippen molar-refractivity contribution in [2.75, 3.05) is 7.11 Å². The van der Waals surface area contributed by atoms with E-state index in [2.05, 4.69) is 15.4 Å². The molecule has 8 heteroatoms. The average Bonchev–Trinajstić information content (AvgIpc) is 3.19. The zero-order valence-corrected chi connectivity index (χ0v) is 20.4. The van der Waals surface area contributed by atoms with E-state index in [1.807, 2.05) is 61.5 Å². The number of hydrazone groups is 1. The summed E-state index contributed by atoms with van der Waals surface area (Å²) in [5.74, 6) is 0.0284. The van der Waals surface area contributed by atoms with E-state index in [0.717, 1.165) is 22.0 Å². The minimum atomic E-state index is -0.519. The molecule has 1 amide bonds. The van der Waals surface area contributed by atoms with Crippen LogP contribution in [-0.2, 0) is 4.79 Å². The number of phenols is 1. The van der Waals surface area contributed by atoms with Gasteiger partial charge in [-0.3, -0.25) is 4.79 Å². The van der Waals surface area contributed by atoms with Gasteiger partial charge in [0, 0.05) is 10.9 Å². The lowest BCUT2D eigenvalue weighted by Gasteiger charge is -2.19. The predicted octanol–water partition coefficient (Wildman–Crippen LogP) is 5.42. The summed E-state index contributed by atoms with van der Waals surface area (Å²) in [6, 6.07) is 22.3. The van der Waals surface area contributed by atoms with Gasteiger partial charge in [-0.25, -0.2) is 9.99 Å². The molecule has 0 radical (unpaired) electrons. The van der Waals surface area contributed by atoms with Crippen molar-refractivity contribution in [3.63, 3.8) is 0 Å². The van der Waals surface area contributed by atoms with E-state index in [1.54, 1.807) is 24.4 Å². The zero-order chi connectivity index (χ0) is 25.2. The summed E-state index contributed by atoms with van der Waals surface area (Å²) in [4.78, 5) is 17.9. The Morgan fingerprint density at radius 3 is 2.69 bits per heavy atom. The Hall–Kier alpha value is -4.36. The molecule has 2 N–H and O–H groups in total. The maximum absolute atomic E-state index is 13.4. The third-order valence-electron chi connectivity index (χ3n) is 5.88. The normalized spacial score (nSPS) is 16.8. The van der Waals surface area contributed by atoms with E-state index in [0.29, 0.717) is 27.7 Å². The minimum Gasteiger partial charge on any atom is -0.504 e. The largest absolute Gasteiger partial charge is 0.504 e. The molecule has 0 saturated carbocycles. The summed E-state index contributed by atoms with van der Waals surface area (Å²) in [5.41, 5.74) is 4.42. The lowest BCUT2D eigenvalue weighted by Crippen LogP contribution is -2.25. The molecule has 5 rings (SSSR count). The van der Waals surface area contributed by atoms with E-state index in [-0.39, 0.29) is 11.7 Å². The van der Waals surface area contributed by atoms with Crippen LogP contribution >= 0.6 is 11.6 Å². The van der Waals surface area contributed by atoms with Gasteiger partial charge in [0.05, 0.1) is 18.8 Å². The highest BCUT2D eigenvalue weighted by Crippen LogP contribution is 2.31. The minimum absolute atomic E-state index is 0.0230. The molecule has 3 aromatic carbocycles. The molecule has 180 valence electrons. The molecule has 0 spiro atoms. The molecular weight excluding hydrogens is 476 g/mol. The molecule has 7 nitrogen and oxygen atoms in total. The molecule has 1 saturated heterocycles. The quantitative estimate of drug-likeness (QED) is 0.218. The number of fused-ring (bicyclic) bond motifs is 1. The smallest absolute Gasteiger partial charge is 0.292 e. The Morgan fingerprint density at radius 1 is 1.11 bits per heavy atom. The van der Waals surface area contributed by atoms with Crippen LogP contribution in [-0.4, -0.2) is 34.3 Å². The molecule has 4 aromatic rings. The van der Waals surface area contributed by atoms with Crippen LogP contribution in [0.2, 0.25) is 5.15 Å². The number of ether oxygens (including phenoxy) is 1. The Kier molecular flexibility index (Phi) is 6.31. The van der Waals surface area contributed by atoms with E-state index in [1.165, 1.54) is 18.2 Å². The van der Waals surface area contributed by atoms with Crippen molar-refractivity contribution >= 4 is 40.7 Å². The fourth-order valence-electron chi connectivity index (χ4n) is 4.05. The number of benzene rings is 3. The summed E-state index contributed by atoms with van der Waals surface area (Å²) < 4.78 is 5.19. The first-order chi connectivity index (χ1) is 17.4. The number of aromatic nitrogens is 1. The highest BCUT2D eigenvalue weighted by molar-refractivity contribution is 6.32. The lowest BCUT2D eigenvalue weighted by molar-refractivity contribution is -0.126. The maximum atomic E-state index is 13.4. The number of amides is 1. The number of carbonyl (C=O) groups is 1. The number of hydrogen-bond donors (Lipinski definition) is 2. The Bertz CT molecular complexity index is 1520. The van der Waals surface area contributed by atoms with Crippen molar-refractivity contribution in [1.29, 1.82) is 0 Å². The third-order valence-corrected chi connectivity index (χ3v) is 6.18. The number of methoxy groups -OCH3 is 1. The number of nitrogens with zero attached hydrogens (tertiary/aromatic N) is 3. The summed E-state index contributed by atoms with van der Waals surface area (Å²) in [7, 11) is 1.47. The monoisotopic (exact) mass is 498 g/mol. The number of carbonyl (C=O) groups excluding carboxylic acids is 1. The summed E-state index contributed by atoms with van der Waals surface area (Å²) in [6.45, 7) is 2.01. The highest BCUT2D eigenvalue weighted by Gasteiger charge is 2.36. The number of pyridine rings is 1. The van der Waals surface area contributed by atoms with E-state index < -0.39 is 6.17 Å². The molecule has 36 heavy (non-hydrogen) atoms. The van der Waals surface area contributed by atoms with Gasteiger partial charge in [-0.1, -0.05) is 59.6 Å². The Morgan fingerprint density at radius 2 is 1.92 bits per heavy atom. The fraction of sp³-hybridized carbons (Fsp3) is 0.107. The van der Waals surface area contributed by atoms with Crippen LogP contribution in [0.15, 0.2) is 83.6 Å². The fourth-order valence-corrected chi connectivity index (χ4v) is 4.24. The standard InChI is InChI=1S/C28H23ClN4O3/c1-17-8-10-22-20(12-17)15-21(26(29)31-22)16-30-33-27(19-6-4-3-5-7-19)32-23(28(33)35)13-18-9-11-24(34)25(14-18)36-2/h3-16,27,32,34H,1-2H3/b23-13-,30-16+. The predicted molar refractivity (Wildman–Crippen MR) is 141 cm³/mol. The topological polar surface area (TPSA) is 87.0 Å². The SMILES string of the molecule is COc1cc(/C=C2\NC(c3ccccc3)N(/N=C/c3cc4cc(C)ccc4nc3Cl)C2=O)ccc1O. The number of phenolic OH excluding ortho intramolecular Hbond substituents is 1. The first-order valence-electron chi connectivity index (χ1n) is 11.3. The van der Waals surface area contributed by atoms with Crippen LogP contribution in [0.5, 0.6) is 11.5 Å². The molecule has 1 atom stereocenters. The van der Waals surface area contributed by atoms with Gasteiger partial charge in [0.2, 0.25) is 0 Å². The van der Waals surface area contributed by atoms with Crippen LogP contribution in [0.25, 0.3) is 17.0 Å². The summed E-state index contributed by atoms with van der Waals surface area (Å²) in [5, 5.41) is 20.3. The summed E-state index contributed by atoms with van der Waals surface area (Å²) in [6.07, 6.45) is 2.73. The van der Waals surface area contributed by atoms with Crippen LogP contribution in [0.4, 0.5) is 0 Å². The van der Waals surface area contributed by atoms with Crippen molar-refractivity contribution < 1.29 is 14.6 Å². The molecule has 1 unspecified atom stereocenters. The van der Waals surface area contributed by atoms with Gasteiger partial charge in [0.25, 0.3) is 5.91 Å². The maximum Gasteiger partial charge on any atom is 0.292 e. The van der Waals surface area contributed by atoms with Gasteiger partial charge in [-0.05, 0) is 54.5 Å². The number of rotatable bonds is 5. The van der Waals surface area contributed by atoms with Gasteiger partial charge < -0.3 is 15.2 Å². The molecule has 2 heterocycles. The van der Waals surface area contributed by atoms with Crippen molar-refractivity contribution in [3.8, 4) is 11.5 Å². The van der Waals surface area contributed by atoms with Gasteiger partial charge >= 0.3 is 0 Å². The van der Waals surface area contributed by atoms with Gasteiger partial charge in [0.1, 0.15) is 10.9 Å². The second-order valence-corrected chi connectivity index (χ2v) is 8.76. The van der Waals surface area contributed by atoms with Gasteiger partial charge in [-0.15, -0.1) is 0 Å². The molecule has 0 aliphatic carbocycles. The molecule has 1 fully saturated rings. The van der Waals surface area contributed by atoms with E-state index >= 15 is 0 Å². The second-order valence-electron chi connectivity index (χ2n) is 8.41. The van der Waals surface area contributed by atoms with Crippen molar-refractivity contribution in [2.45, 2.75) is 13.1 Å². The zero-order valence-electron chi connectivity index (χ0n) is 19.6. The molecule has 1 aliphatic rings. The van der Waals surface area contributed by atoms with Crippen LogP contribution < -0.4 is 10.1 Å². The van der Waals surface area contributed by atoms with Crippen LogP contribution in [0.3, 0.4) is 0 Å². The highest BCUT2D eigenvalue weighted by atomic mass is 35.5. The van der Waals surface area contributed by atoms with Crippen LogP contribution in [0.1, 0.15) is 28.4 Å². The van der Waals surface area contributed by atoms with Crippen molar-refractivity contribution in [1.82, 2.24) is 15.3 Å². The number of halogens is 1.